The van der Waals surface area contributed by atoms with Crippen LogP contribution in [-0.2, 0) is 0 Å². The lowest BCUT2D eigenvalue weighted by Gasteiger charge is -2.02. The summed E-state index contributed by atoms with van der Waals surface area (Å²) in [6.45, 7) is 0. The van der Waals surface area contributed by atoms with Crippen LogP contribution in [0.5, 0.6) is 5.75 Å². The molecule has 0 saturated carbocycles. The van der Waals surface area contributed by atoms with Gasteiger partial charge in [-0.3, -0.25) is 4.79 Å². The minimum Gasteiger partial charge on any atom is -0.506 e. The number of phenolic OH excluding ortho intramolecular Hbond substituents is 1. The zero-order valence-electron chi connectivity index (χ0n) is 8.54. The van der Waals surface area contributed by atoms with Crippen LogP contribution in [0.1, 0.15) is 0 Å². The molecule has 6 heteroatoms. The highest BCUT2D eigenvalue weighted by Crippen LogP contribution is 2.29. The van der Waals surface area contributed by atoms with E-state index in [-0.39, 0.29) is 11.3 Å². The Hall–Kier alpha value is -2.21. The summed E-state index contributed by atoms with van der Waals surface area (Å²) in [5.41, 5.74) is 1.66. The van der Waals surface area contributed by atoms with Crippen LogP contribution < -0.4 is 5.56 Å². The van der Waals surface area contributed by atoms with Crippen molar-refractivity contribution in [1.82, 2.24) is 14.3 Å². The van der Waals surface area contributed by atoms with Gasteiger partial charge in [-0.2, -0.15) is 0 Å². The molecule has 0 aliphatic carbocycles. The quantitative estimate of drug-likeness (QED) is 0.684. The second kappa shape index (κ2) is 3.67. The monoisotopic (exact) mass is 245 g/mol. The molecule has 2 heterocycles. The van der Waals surface area contributed by atoms with Crippen molar-refractivity contribution in [3.8, 4) is 16.9 Å². The molecule has 0 aliphatic heterocycles. The molecule has 84 valence electrons. The summed E-state index contributed by atoms with van der Waals surface area (Å²) in [7, 11) is 0. The second-order valence-corrected chi connectivity index (χ2v) is 4.19. The molecule has 0 bridgehead atoms. The highest BCUT2D eigenvalue weighted by molar-refractivity contribution is 7.03. The molecule has 0 fully saturated rings. The van der Waals surface area contributed by atoms with Crippen LogP contribution in [0, 0.1) is 0 Å². The van der Waals surface area contributed by atoms with Crippen molar-refractivity contribution >= 4 is 22.4 Å². The highest BCUT2D eigenvalue weighted by atomic mass is 32.1. The van der Waals surface area contributed by atoms with Crippen molar-refractivity contribution in [3.05, 3.63) is 40.4 Å². The molecule has 0 aliphatic rings. The fourth-order valence-corrected chi connectivity index (χ4v) is 2.22. The predicted octanol–water partition coefficient (Wildman–Crippen LogP) is 1.75. The predicted molar refractivity (Wildman–Crippen MR) is 65.1 cm³/mol. The average molecular weight is 245 g/mol. The molecule has 2 aromatic heterocycles. The molecule has 0 unspecified atom stereocenters. The van der Waals surface area contributed by atoms with Gasteiger partial charge in [0, 0.05) is 17.1 Å². The van der Waals surface area contributed by atoms with Gasteiger partial charge in [0.25, 0.3) is 5.56 Å². The molecule has 1 aromatic carbocycles. The molecule has 17 heavy (non-hydrogen) atoms. The number of aromatic amines is 1. The van der Waals surface area contributed by atoms with Crippen LogP contribution in [0.4, 0.5) is 0 Å². The zero-order valence-corrected chi connectivity index (χ0v) is 9.36. The van der Waals surface area contributed by atoms with Gasteiger partial charge >= 0.3 is 0 Å². The molecule has 0 atom stereocenters. The van der Waals surface area contributed by atoms with E-state index in [1.807, 2.05) is 5.38 Å². The van der Waals surface area contributed by atoms with Gasteiger partial charge in [-0.15, -0.1) is 0 Å². The molecule has 0 spiro atoms. The molecular formula is C11H7N3O2S. The Bertz CT molecular complexity index is 734. The summed E-state index contributed by atoms with van der Waals surface area (Å²) < 4.78 is 3.99. The van der Waals surface area contributed by atoms with E-state index in [1.165, 1.54) is 17.9 Å². The van der Waals surface area contributed by atoms with Crippen LogP contribution in [0.2, 0.25) is 0 Å². The number of hydrogen-bond acceptors (Lipinski definition) is 5. The SMILES string of the molecule is O=c1[nH]cnc2c(O)cc(-c3cnsc3)cc12. The third-order valence-electron chi connectivity index (χ3n) is 2.49. The normalized spacial score (nSPS) is 10.8. The Morgan fingerprint density at radius 1 is 1.29 bits per heavy atom. The first-order valence-electron chi connectivity index (χ1n) is 4.86. The van der Waals surface area contributed by atoms with Crippen molar-refractivity contribution in [1.29, 1.82) is 0 Å². The van der Waals surface area contributed by atoms with Crippen LogP contribution in [0.15, 0.2) is 34.8 Å². The topological polar surface area (TPSA) is 78.9 Å². The zero-order chi connectivity index (χ0) is 11.8. The minimum absolute atomic E-state index is 0.00481. The number of H-pyrrole nitrogens is 1. The second-order valence-electron chi connectivity index (χ2n) is 3.54. The first-order valence-corrected chi connectivity index (χ1v) is 5.69. The lowest BCUT2D eigenvalue weighted by molar-refractivity contribution is 0.480. The first kappa shape index (κ1) is 9.98. The summed E-state index contributed by atoms with van der Waals surface area (Å²) in [6, 6.07) is 3.28. The van der Waals surface area contributed by atoms with Gasteiger partial charge in [0.05, 0.1) is 11.7 Å². The van der Waals surface area contributed by atoms with Crippen molar-refractivity contribution < 1.29 is 5.11 Å². The largest absolute Gasteiger partial charge is 0.506 e. The van der Waals surface area contributed by atoms with Gasteiger partial charge < -0.3 is 10.1 Å². The van der Waals surface area contributed by atoms with E-state index in [0.29, 0.717) is 10.9 Å². The molecule has 3 aromatic rings. The van der Waals surface area contributed by atoms with Gasteiger partial charge in [-0.05, 0) is 29.2 Å². The molecule has 0 saturated heterocycles. The number of aromatic nitrogens is 3. The summed E-state index contributed by atoms with van der Waals surface area (Å²) in [5.74, 6) is -0.00481. The fraction of sp³-hybridized carbons (Fsp3) is 0. The van der Waals surface area contributed by atoms with Crippen molar-refractivity contribution in [2.45, 2.75) is 0 Å². The number of fused-ring (bicyclic) bond motifs is 1. The first-order chi connectivity index (χ1) is 8.25. The molecule has 0 amide bonds. The lowest BCUT2D eigenvalue weighted by atomic mass is 10.1. The molecule has 0 radical (unpaired) electrons. The van der Waals surface area contributed by atoms with Gasteiger partial charge in [0.15, 0.2) is 0 Å². The summed E-state index contributed by atoms with van der Waals surface area (Å²) in [6.07, 6.45) is 2.96. The number of nitrogens with zero attached hydrogens (tertiary/aromatic N) is 2. The van der Waals surface area contributed by atoms with Crippen LogP contribution in [0.3, 0.4) is 0 Å². The van der Waals surface area contributed by atoms with Gasteiger partial charge in [0.1, 0.15) is 11.3 Å². The van der Waals surface area contributed by atoms with Crippen molar-refractivity contribution in [2.75, 3.05) is 0 Å². The maximum Gasteiger partial charge on any atom is 0.258 e. The van der Waals surface area contributed by atoms with E-state index in [2.05, 4.69) is 14.3 Å². The Kier molecular flexibility index (Phi) is 2.15. The Labute approximate surface area is 99.6 Å². The number of hydrogen-bond donors (Lipinski definition) is 2. The van der Waals surface area contributed by atoms with Crippen LogP contribution in [0.25, 0.3) is 22.0 Å². The molecule has 3 rings (SSSR count). The van der Waals surface area contributed by atoms with E-state index in [4.69, 9.17) is 0 Å². The molecular weight excluding hydrogens is 238 g/mol. The van der Waals surface area contributed by atoms with Gasteiger partial charge in [-0.1, -0.05) is 0 Å². The molecule has 2 N–H and O–H groups in total. The number of rotatable bonds is 1. The van der Waals surface area contributed by atoms with Crippen molar-refractivity contribution in [2.24, 2.45) is 0 Å². The van der Waals surface area contributed by atoms with Crippen LogP contribution in [-0.4, -0.2) is 19.4 Å². The number of phenols is 1. The summed E-state index contributed by atoms with van der Waals surface area (Å²) in [4.78, 5) is 18.1. The highest BCUT2D eigenvalue weighted by Gasteiger charge is 2.09. The standard InChI is InChI=1S/C11H7N3O2S/c15-9-2-6(7-3-14-17-4-7)1-8-10(9)12-5-13-11(8)16/h1-5,15H,(H,12,13,16). The van der Waals surface area contributed by atoms with E-state index >= 15 is 0 Å². The maximum absolute atomic E-state index is 11.6. The Balaban J connectivity index is 2.38. The number of nitrogens with one attached hydrogen (secondary N) is 1. The molecule has 5 nitrogen and oxygen atoms in total. The Morgan fingerprint density at radius 3 is 2.94 bits per heavy atom. The van der Waals surface area contributed by atoms with Crippen molar-refractivity contribution in [3.63, 3.8) is 0 Å². The van der Waals surface area contributed by atoms with E-state index < -0.39 is 0 Å². The van der Waals surface area contributed by atoms with E-state index in [1.54, 1.807) is 18.3 Å². The fourth-order valence-electron chi connectivity index (χ4n) is 1.68. The smallest absolute Gasteiger partial charge is 0.258 e. The van der Waals surface area contributed by atoms with Gasteiger partial charge in [0.2, 0.25) is 0 Å². The average Bonchev–Trinajstić information content (AvgIpc) is 2.84. The Morgan fingerprint density at radius 2 is 2.18 bits per heavy atom. The summed E-state index contributed by atoms with van der Waals surface area (Å²) in [5, 5.41) is 12.1. The number of aromatic hydroxyl groups is 1. The number of benzene rings is 1. The van der Waals surface area contributed by atoms with Gasteiger partial charge in [-0.25, -0.2) is 9.36 Å². The van der Waals surface area contributed by atoms with Crippen LogP contribution >= 0.6 is 11.5 Å². The third kappa shape index (κ3) is 1.58. The summed E-state index contributed by atoms with van der Waals surface area (Å²) >= 11 is 1.32. The minimum atomic E-state index is -0.268. The third-order valence-corrected chi connectivity index (χ3v) is 3.08. The van der Waals surface area contributed by atoms with E-state index in [9.17, 15) is 9.90 Å². The van der Waals surface area contributed by atoms with E-state index in [0.717, 1.165) is 11.1 Å². The lowest BCUT2D eigenvalue weighted by Crippen LogP contribution is -2.06. The maximum atomic E-state index is 11.6.